The van der Waals surface area contributed by atoms with E-state index in [9.17, 15) is 14.4 Å². The third-order valence-electron chi connectivity index (χ3n) is 2.96. The van der Waals surface area contributed by atoms with Crippen LogP contribution in [0.1, 0.15) is 32.6 Å². The standard InChI is InChI=1S/C16H17N3O4S/c1-3-23-12(20)9-17-15(22)13-10(2)18-16(24-13)19-14(21)11-7-5-4-6-8-11/h4-8H,3,9H2,1-2H3,(H,17,22)(H,18,19,21). The number of hydrogen-bond acceptors (Lipinski definition) is 6. The number of nitrogens with zero attached hydrogens (tertiary/aromatic N) is 1. The molecular formula is C16H17N3O4S. The number of aromatic nitrogens is 1. The molecule has 2 aromatic rings. The van der Waals surface area contributed by atoms with Crippen LogP contribution in [0.3, 0.4) is 0 Å². The summed E-state index contributed by atoms with van der Waals surface area (Å²) in [7, 11) is 0. The van der Waals surface area contributed by atoms with E-state index in [0.717, 1.165) is 11.3 Å². The molecule has 0 fully saturated rings. The highest BCUT2D eigenvalue weighted by Gasteiger charge is 2.17. The Kier molecular flexibility index (Phi) is 6.02. The number of rotatable bonds is 6. The van der Waals surface area contributed by atoms with Gasteiger partial charge in [-0.05, 0) is 26.0 Å². The average molecular weight is 347 g/mol. The van der Waals surface area contributed by atoms with Gasteiger partial charge in [-0.15, -0.1) is 0 Å². The zero-order valence-corrected chi connectivity index (χ0v) is 14.1. The number of esters is 1. The van der Waals surface area contributed by atoms with Gasteiger partial charge in [0.2, 0.25) is 0 Å². The lowest BCUT2D eigenvalue weighted by molar-refractivity contribution is -0.141. The van der Waals surface area contributed by atoms with Crippen LogP contribution in [0.4, 0.5) is 5.13 Å². The third-order valence-corrected chi connectivity index (χ3v) is 4.03. The van der Waals surface area contributed by atoms with E-state index in [1.54, 1.807) is 38.1 Å². The van der Waals surface area contributed by atoms with Crippen LogP contribution in [-0.4, -0.2) is 35.9 Å². The molecule has 2 rings (SSSR count). The second kappa shape index (κ2) is 8.21. The topological polar surface area (TPSA) is 97.4 Å². The van der Waals surface area contributed by atoms with Gasteiger partial charge in [0, 0.05) is 5.56 Å². The highest BCUT2D eigenvalue weighted by Crippen LogP contribution is 2.23. The van der Waals surface area contributed by atoms with Crippen molar-refractivity contribution < 1.29 is 19.1 Å². The number of anilines is 1. The van der Waals surface area contributed by atoms with Gasteiger partial charge in [-0.25, -0.2) is 4.98 Å². The molecule has 0 saturated heterocycles. The van der Waals surface area contributed by atoms with Crippen LogP contribution in [0, 0.1) is 6.92 Å². The van der Waals surface area contributed by atoms with Gasteiger partial charge in [0.15, 0.2) is 5.13 Å². The van der Waals surface area contributed by atoms with Crippen molar-refractivity contribution in [2.45, 2.75) is 13.8 Å². The summed E-state index contributed by atoms with van der Waals surface area (Å²) in [6.45, 7) is 3.39. The monoisotopic (exact) mass is 347 g/mol. The van der Waals surface area contributed by atoms with Crippen molar-refractivity contribution >= 4 is 34.3 Å². The van der Waals surface area contributed by atoms with Crippen LogP contribution in [-0.2, 0) is 9.53 Å². The van der Waals surface area contributed by atoms with Crippen molar-refractivity contribution in [2.75, 3.05) is 18.5 Å². The van der Waals surface area contributed by atoms with Crippen molar-refractivity contribution in [3.05, 3.63) is 46.5 Å². The quantitative estimate of drug-likeness (QED) is 0.779. The van der Waals surface area contributed by atoms with Gasteiger partial charge in [-0.1, -0.05) is 29.5 Å². The van der Waals surface area contributed by atoms with Gasteiger partial charge in [-0.2, -0.15) is 0 Å². The fourth-order valence-electron chi connectivity index (χ4n) is 1.86. The van der Waals surface area contributed by atoms with Crippen LogP contribution in [0.15, 0.2) is 30.3 Å². The molecule has 0 aliphatic heterocycles. The number of benzene rings is 1. The fourth-order valence-corrected chi connectivity index (χ4v) is 2.74. The Morgan fingerprint density at radius 1 is 1.17 bits per heavy atom. The lowest BCUT2D eigenvalue weighted by Crippen LogP contribution is -2.30. The predicted molar refractivity (Wildman–Crippen MR) is 90.2 cm³/mol. The Morgan fingerprint density at radius 2 is 1.88 bits per heavy atom. The SMILES string of the molecule is CCOC(=O)CNC(=O)c1sc(NC(=O)c2ccccc2)nc1C. The normalized spacial score (nSPS) is 10.1. The summed E-state index contributed by atoms with van der Waals surface area (Å²) >= 11 is 1.05. The molecule has 0 aliphatic rings. The van der Waals surface area contributed by atoms with Crippen LogP contribution >= 0.6 is 11.3 Å². The molecule has 24 heavy (non-hydrogen) atoms. The first-order valence-electron chi connectivity index (χ1n) is 7.29. The average Bonchev–Trinajstić information content (AvgIpc) is 2.94. The molecule has 2 N–H and O–H groups in total. The maximum absolute atomic E-state index is 12.1. The van der Waals surface area contributed by atoms with Crippen LogP contribution in [0.25, 0.3) is 0 Å². The fraction of sp³-hybridized carbons (Fsp3) is 0.250. The molecule has 0 radical (unpaired) electrons. The van der Waals surface area contributed by atoms with Crippen LogP contribution < -0.4 is 10.6 Å². The minimum absolute atomic E-state index is 0.213. The molecule has 0 spiro atoms. The number of amides is 2. The Balaban J connectivity index is 2.00. The number of aryl methyl sites for hydroxylation is 1. The number of hydrogen-bond donors (Lipinski definition) is 2. The van der Waals surface area contributed by atoms with Gasteiger partial charge in [0.1, 0.15) is 11.4 Å². The summed E-state index contributed by atoms with van der Waals surface area (Å²) in [4.78, 5) is 39.9. The minimum atomic E-state index is -0.509. The molecule has 126 valence electrons. The first-order chi connectivity index (χ1) is 11.5. The summed E-state index contributed by atoms with van der Waals surface area (Å²) in [6.07, 6.45) is 0. The van der Waals surface area contributed by atoms with E-state index in [1.807, 2.05) is 6.07 Å². The van der Waals surface area contributed by atoms with Crippen molar-refractivity contribution in [2.24, 2.45) is 0 Å². The molecule has 1 aromatic heterocycles. The number of carbonyl (C=O) groups excluding carboxylic acids is 3. The number of carbonyl (C=O) groups is 3. The lowest BCUT2D eigenvalue weighted by atomic mass is 10.2. The summed E-state index contributed by atoms with van der Waals surface area (Å²) in [5.41, 5.74) is 0.975. The van der Waals surface area contributed by atoms with E-state index in [2.05, 4.69) is 15.6 Å². The molecule has 0 unspecified atom stereocenters. The smallest absolute Gasteiger partial charge is 0.325 e. The van der Waals surface area contributed by atoms with Crippen molar-refractivity contribution in [3.8, 4) is 0 Å². The maximum atomic E-state index is 12.1. The first kappa shape index (κ1) is 17.6. The number of thiazole rings is 1. The zero-order valence-electron chi connectivity index (χ0n) is 13.3. The molecule has 1 aromatic carbocycles. The highest BCUT2D eigenvalue weighted by atomic mass is 32.1. The van der Waals surface area contributed by atoms with E-state index in [4.69, 9.17) is 4.74 Å². The number of nitrogens with one attached hydrogen (secondary N) is 2. The summed E-state index contributed by atoms with van der Waals surface area (Å²) in [5.74, 6) is -1.24. The largest absolute Gasteiger partial charge is 0.465 e. The second-order valence-electron chi connectivity index (χ2n) is 4.74. The Morgan fingerprint density at radius 3 is 2.54 bits per heavy atom. The maximum Gasteiger partial charge on any atom is 0.325 e. The number of ether oxygens (including phenoxy) is 1. The van der Waals surface area contributed by atoms with Crippen LogP contribution in [0.2, 0.25) is 0 Å². The van der Waals surface area contributed by atoms with E-state index in [-0.39, 0.29) is 19.1 Å². The molecule has 0 aliphatic carbocycles. The van der Waals surface area contributed by atoms with Gasteiger partial charge >= 0.3 is 5.97 Å². The van der Waals surface area contributed by atoms with E-state index < -0.39 is 11.9 Å². The lowest BCUT2D eigenvalue weighted by Gasteiger charge is -2.03. The van der Waals surface area contributed by atoms with Crippen molar-refractivity contribution in [1.82, 2.24) is 10.3 Å². The van der Waals surface area contributed by atoms with E-state index in [0.29, 0.717) is 21.3 Å². The Bertz CT molecular complexity index is 743. The zero-order chi connectivity index (χ0) is 17.5. The first-order valence-corrected chi connectivity index (χ1v) is 8.10. The summed E-state index contributed by atoms with van der Waals surface area (Å²) in [6, 6.07) is 8.70. The third kappa shape index (κ3) is 4.63. The molecule has 7 nitrogen and oxygen atoms in total. The summed E-state index contributed by atoms with van der Waals surface area (Å²) in [5, 5.41) is 5.45. The second-order valence-corrected chi connectivity index (χ2v) is 5.74. The Hall–Kier alpha value is -2.74. The molecular weight excluding hydrogens is 330 g/mol. The molecule has 0 saturated carbocycles. The van der Waals surface area contributed by atoms with E-state index >= 15 is 0 Å². The van der Waals surface area contributed by atoms with Gasteiger partial charge in [-0.3, -0.25) is 19.7 Å². The van der Waals surface area contributed by atoms with Crippen LogP contribution in [0.5, 0.6) is 0 Å². The van der Waals surface area contributed by atoms with E-state index in [1.165, 1.54) is 0 Å². The van der Waals surface area contributed by atoms with Gasteiger partial charge in [0.05, 0.1) is 12.3 Å². The molecule has 2 amide bonds. The minimum Gasteiger partial charge on any atom is -0.465 e. The molecule has 1 heterocycles. The van der Waals surface area contributed by atoms with Gasteiger partial charge in [0.25, 0.3) is 11.8 Å². The van der Waals surface area contributed by atoms with Gasteiger partial charge < -0.3 is 10.1 Å². The Labute approximate surface area is 143 Å². The summed E-state index contributed by atoms with van der Waals surface area (Å²) < 4.78 is 4.74. The molecule has 0 bridgehead atoms. The molecule has 0 atom stereocenters. The highest BCUT2D eigenvalue weighted by molar-refractivity contribution is 7.17. The van der Waals surface area contributed by atoms with Crippen molar-refractivity contribution in [1.29, 1.82) is 0 Å². The van der Waals surface area contributed by atoms with Crippen molar-refractivity contribution in [3.63, 3.8) is 0 Å². The predicted octanol–water partition coefficient (Wildman–Crippen LogP) is 2.00. The molecule has 8 heteroatoms.